The number of anilines is 1. The Balaban J connectivity index is 2.64. The molecule has 1 aromatic heterocycles. The Hall–Kier alpha value is -0.810. The van der Waals surface area contributed by atoms with E-state index in [1.807, 2.05) is 24.8 Å². The van der Waals surface area contributed by atoms with Crippen LogP contribution in [0.15, 0.2) is 11.1 Å². The van der Waals surface area contributed by atoms with Crippen molar-refractivity contribution in [3.05, 3.63) is 11.9 Å². The first kappa shape index (κ1) is 17.2. The number of ether oxygens (including phenoxy) is 1. The van der Waals surface area contributed by atoms with Crippen molar-refractivity contribution < 1.29 is 4.74 Å². The number of hydrogen-bond donors (Lipinski definition) is 1. The van der Waals surface area contributed by atoms with Gasteiger partial charge in [-0.1, -0.05) is 26.7 Å². The van der Waals surface area contributed by atoms with E-state index in [2.05, 4.69) is 29.1 Å². The third-order valence-electron chi connectivity index (χ3n) is 2.74. The first-order valence-electron chi connectivity index (χ1n) is 7.62. The van der Waals surface area contributed by atoms with E-state index in [-0.39, 0.29) is 0 Å². The average molecular weight is 297 g/mol. The summed E-state index contributed by atoms with van der Waals surface area (Å²) in [6, 6.07) is 2.04. The molecule has 0 radical (unpaired) electrons. The highest BCUT2D eigenvalue weighted by Gasteiger charge is 2.05. The molecule has 20 heavy (non-hydrogen) atoms. The fourth-order valence-corrected chi connectivity index (χ4v) is 2.60. The molecular formula is C15H27N3OS. The minimum Gasteiger partial charge on any atom is -0.374 e. The van der Waals surface area contributed by atoms with Gasteiger partial charge >= 0.3 is 0 Å². The van der Waals surface area contributed by atoms with Crippen LogP contribution in [0.2, 0.25) is 0 Å². The molecule has 1 N–H and O–H groups in total. The SMILES string of the molecule is CCCCCSc1cc(NCCC)nc(COCC)n1. The van der Waals surface area contributed by atoms with Gasteiger partial charge in [-0.2, -0.15) is 0 Å². The molecule has 0 bridgehead atoms. The molecule has 5 heteroatoms. The second-order valence-electron chi connectivity index (χ2n) is 4.63. The van der Waals surface area contributed by atoms with E-state index in [0.29, 0.717) is 13.2 Å². The van der Waals surface area contributed by atoms with Crippen molar-refractivity contribution in [2.24, 2.45) is 0 Å². The molecular weight excluding hydrogens is 270 g/mol. The summed E-state index contributed by atoms with van der Waals surface area (Å²) in [5, 5.41) is 4.38. The van der Waals surface area contributed by atoms with Gasteiger partial charge in [0, 0.05) is 19.2 Å². The van der Waals surface area contributed by atoms with E-state index >= 15 is 0 Å². The van der Waals surface area contributed by atoms with Crippen molar-refractivity contribution in [1.82, 2.24) is 9.97 Å². The van der Waals surface area contributed by atoms with Crippen LogP contribution in [0.3, 0.4) is 0 Å². The summed E-state index contributed by atoms with van der Waals surface area (Å²) in [6.07, 6.45) is 4.86. The molecule has 1 heterocycles. The molecule has 114 valence electrons. The van der Waals surface area contributed by atoms with Crippen LogP contribution in [0.4, 0.5) is 5.82 Å². The Morgan fingerprint density at radius 3 is 2.70 bits per heavy atom. The van der Waals surface area contributed by atoms with Gasteiger partial charge in [0.2, 0.25) is 0 Å². The van der Waals surface area contributed by atoms with E-state index in [1.54, 1.807) is 0 Å². The van der Waals surface area contributed by atoms with Gasteiger partial charge in [-0.15, -0.1) is 11.8 Å². The summed E-state index contributed by atoms with van der Waals surface area (Å²) in [6.45, 7) is 8.47. The smallest absolute Gasteiger partial charge is 0.157 e. The molecule has 1 rings (SSSR count). The van der Waals surface area contributed by atoms with Gasteiger partial charge in [0.05, 0.1) is 0 Å². The van der Waals surface area contributed by atoms with Gasteiger partial charge in [0.15, 0.2) is 5.82 Å². The maximum Gasteiger partial charge on any atom is 0.157 e. The van der Waals surface area contributed by atoms with Gasteiger partial charge in [-0.25, -0.2) is 9.97 Å². The van der Waals surface area contributed by atoms with Crippen molar-refractivity contribution in [2.45, 2.75) is 58.1 Å². The molecule has 0 fully saturated rings. The molecule has 0 amide bonds. The Bertz CT molecular complexity index is 348. The molecule has 0 aliphatic rings. The third-order valence-corrected chi connectivity index (χ3v) is 3.74. The summed E-state index contributed by atoms with van der Waals surface area (Å²) in [5.41, 5.74) is 0. The second-order valence-corrected chi connectivity index (χ2v) is 5.74. The van der Waals surface area contributed by atoms with E-state index in [1.165, 1.54) is 19.3 Å². The number of thioether (sulfide) groups is 1. The zero-order valence-electron chi connectivity index (χ0n) is 12.9. The minimum absolute atomic E-state index is 0.487. The number of aromatic nitrogens is 2. The first-order chi connectivity index (χ1) is 9.80. The van der Waals surface area contributed by atoms with Crippen molar-refractivity contribution in [1.29, 1.82) is 0 Å². The van der Waals surface area contributed by atoms with Gasteiger partial charge < -0.3 is 10.1 Å². The summed E-state index contributed by atoms with van der Waals surface area (Å²) >= 11 is 1.81. The zero-order chi connectivity index (χ0) is 14.6. The van der Waals surface area contributed by atoms with Crippen molar-refractivity contribution in [3.8, 4) is 0 Å². The summed E-state index contributed by atoms with van der Waals surface area (Å²) in [4.78, 5) is 9.06. The number of rotatable bonds is 11. The molecule has 0 atom stereocenters. The summed E-state index contributed by atoms with van der Waals surface area (Å²) in [5.74, 6) is 2.80. The lowest BCUT2D eigenvalue weighted by atomic mass is 10.3. The normalized spacial score (nSPS) is 10.8. The van der Waals surface area contributed by atoms with Crippen LogP contribution >= 0.6 is 11.8 Å². The van der Waals surface area contributed by atoms with Crippen LogP contribution in [0.5, 0.6) is 0 Å². The van der Waals surface area contributed by atoms with Crippen LogP contribution in [-0.4, -0.2) is 28.9 Å². The maximum atomic E-state index is 5.42. The molecule has 0 spiro atoms. The van der Waals surface area contributed by atoms with Gasteiger partial charge in [0.25, 0.3) is 0 Å². The molecule has 0 unspecified atom stereocenters. The predicted octanol–water partition coefficient (Wildman–Crippen LogP) is 4.12. The minimum atomic E-state index is 0.487. The molecule has 4 nitrogen and oxygen atoms in total. The Labute approximate surface area is 127 Å². The topological polar surface area (TPSA) is 47.0 Å². The number of hydrogen-bond acceptors (Lipinski definition) is 5. The second kappa shape index (κ2) is 10.9. The maximum absolute atomic E-state index is 5.42. The Kier molecular flexibility index (Phi) is 9.41. The summed E-state index contributed by atoms with van der Waals surface area (Å²) < 4.78 is 5.42. The molecule has 0 aliphatic carbocycles. The number of nitrogens with zero attached hydrogens (tertiary/aromatic N) is 2. The van der Waals surface area contributed by atoms with Crippen LogP contribution in [0.25, 0.3) is 0 Å². The summed E-state index contributed by atoms with van der Waals surface area (Å²) in [7, 11) is 0. The fraction of sp³-hybridized carbons (Fsp3) is 0.733. The third kappa shape index (κ3) is 7.10. The highest BCUT2D eigenvalue weighted by molar-refractivity contribution is 7.99. The van der Waals surface area contributed by atoms with E-state index in [9.17, 15) is 0 Å². The van der Waals surface area contributed by atoms with Gasteiger partial charge in [-0.3, -0.25) is 0 Å². The highest BCUT2D eigenvalue weighted by Crippen LogP contribution is 2.20. The lowest BCUT2D eigenvalue weighted by Crippen LogP contribution is -2.07. The zero-order valence-corrected chi connectivity index (χ0v) is 13.8. The molecule has 0 aromatic carbocycles. The average Bonchev–Trinajstić information content (AvgIpc) is 2.47. The van der Waals surface area contributed by atoms with Crippen molar-refractivity contribution in [2.75, 3.05) is 24.2 Å². The van der Waals surface area contributed by atoms with E-state index in [4.69, 9.17) is 4.74 Å². The molecule has 1 aromatic rings. The van der Waals surface area contributed by atoms with Gasteiger partial charge in [0.1, 0.15) is 17.5 Å². The van der Waals surface area contributed by atoms with E-state index in [0.717, 1.165) is 35.4 Å². The first-order valence-corrected chi connectivity index (χ1v) is 8.61. The monoisotopic (exact) mass is 297 g/mol. The fourth-order valence-electron chi connectivity index (χ4n) is 1.68. The number of nitrogens with one attached hydrogen (secondary N) is 1. The van der Waals surface area contributed by atoms with E-state index < -0.39 is 0 Å². The van der Waals surface area contributed by atoms with Crippen LogP contribution in [0.1, 0.15) is 52.3 Å². The van der Waals surface area contributed by atoms with Crippen LogP contribution < -0.4 is 5.32 Å². The molecule has 0 saturated heterocycles. The van der Waals surface area contributed by atoms with Crippen LogP contribution in [0, 0.1) is 0 Å². The van der Waals surface area contributed by atoms with Gasteiger partial charge in [-0.05, 0) is 25.5 Å². The molecule has 0 aliphatic heterocycles. The van der Waals surface area contributed by atoms with Crippen molar-refractivity contribution >= 4 is 17.6 Å². The standard InChI is InChI=1S/C15H27N3OS/c1-4-7-8-10-20-15-11-13(16-9-5-2)17-14(18-15)12-19-6-3/h11H,4-10,12H2,1-3H3,(H,16,17,18). The quantitative estimate of drug-likeness (QED) is 0.378. The van der Waals surface area contributed by atoms with Crippen LogP contribution in [-0.2, 0) is 11.3 Å². The lowest BCUT2D eigenvalue weighted by Gasteiger charge is -2.09. The predicted molar refractivity (Wildman–Crippen MR) is 86.4 cm³/mol. The highest BCUT2D eigenvalue weighted by atomic mass is 32.2. The van der Waals surface area contributed by atoms with Crippen molar-refractivity contribution in [3.63, 3.8) is 0 Å². The lowest BCUT2D eigenvalue weighted by molar-refractivity contribution is 0.128. The number of unbranched alkanes of at least 4 members (excludes halogenated alkanes) is 2. The largest absolute Gasteiger partial charge is 0.374 e. The Morgan fingerprint density at radius 1 is 1.15 bits per heavy atom. The molecule has 0 saturated carbocycles. The Morgan fingerprint density at radius 2 is 2.00 bits per heavy atom.